The molecule has 8 atom stereocenters. The molecule has 0 aliphatic carbocycles. The quantitative estimate of drug-likeness (QED) is 0.0224. The summed E-state index contributed by atoms with van der Waals surface area (Å²) in [5.41, 5.74) is 8.99. The van der Waals surface area contributed by atoms with Crippen molar-refractivity contribution in [2.24, 2.45) is 0 Å². The molecule has 1 aliphatic heterocycles. The van der Waals surface area contributed by atoms with Crippen molar-refractivity contribution in [1.29, 1.82) is 0 Å². The van der Waals surface area contributed by atoms with E-state index in [1.807, 2.05) is 29.0 Å². The third-order valence-corrected chi connectivity index (χ3v) is 11.3. The number of likely N-dealkylation sites (tertiary alicyclic amines) is 1. The first-order chi connectivity index (χ1) is 33.6. The minimum absolute atomic E-state index is 0.0433. The second-order valence-electron chi connectivity index (χ2n) is 16.0. The van der Waals surface area contributed by atoms with Crippen LogP contribution in [-0.2, 0) is 34.0 Å². The van der Waals surface area contributed by atoms with Gasteiger partial charge in [-0.3, -0.25) is 24.5 Å². The van der Waals surface area contributed by atoms with E-state index in [1.165, 1.54) is 16.0 Å². The molecular formula is C40H56F6N10O16. The SMILES string of the molecule is CCn1c(CN(C=O)c2nc3cn[nH]c3nc2N)[n+](CC)c2ccc(C(=O)N3CCC(N(C[C@H](O)[C@@H](O)[C@H](O)[C@H](O)CO)C[C@H](O)[C@@H](O)[C@H](O)[C@H](O)CO)CC3)cc21.O=C(O)C(F)(F)F.O=C([O-])C(F)(F)F. The minimum atomic E-state index is -5.19. The van der Waals surface area contributed by atoms with Crippen LogP contribution in [0.3, 0.4) is 0 Å². The normalized spacial score (nSPS) is 16.9. The molecule has 0 saturated carbocycles. The van der Waals surface area contributed by atoms with Gasteiger partial charge in [0.25, 0.3) is 11.7 Å². The molecule has 1 fully saturated rings. The number of piperidine rings is 1. The largest absolute Gasteiger partial charge is 0.542 e. The number of nitrogens with zero attached hydrogens (tertiary/aromatic N) is 8. The van der Waals surface area contributed by atoms with Gasteiger partial charge in [-0.2, -0.15) is 31.4 Å². The number of aromatic amines is 1. The maximum absolute atomic E-state index is 14.0. The standard InChI is InChI=1S/C36H55N10O12.2C2HF3O2/c1-3-45-22-6-5-19(11-23(22)46(4-2)28(45)15-44(18-49)35-33(37)40-34-21(39-35)12-38-41-34)36(58)42-9-7-20(8-10-42)43(13-24(50)29(54)31(56)26(52)16-47)14-25(51)30(55)32(57)27(53)17-48;2*3-2(4,5)1(6)7/h5-6,11-12,18,20,24-27,29-32,47-48,50-57H,3-4,7-10,13-17H2,1-2H3,(H3,37,38,40,41);2*(H,6,7)/q+1;;/p-1/t24-,25-,26+,27+,29+,30+,31+,32+;;/m0../s1. The number of carboxylic acid groups (broad SMARTS) is 2. The number of anilines is 2. The molecular weight excluding hydrogens is 990 g/mol. The summed E-state index contributed by atoms with van der Waals surface area (Å²) < 4.78 is 67.3. The topological polar surface area (TPSA) is 413 Å². The number of alkyl halides is 6. The fourth-order valence-electron chi connectivity index (χ4n) is 7.52. The predicted molar refractivity (Wildman–Crippen MR) is 229 cm³/mol. The molecule has 1 aromatic carbocycles. The minimum Gasteiger partial charge on any atom is -0.542 e. The Morgan fingerprint density at radius 2 is 1.38 bits per heavy atom. The third kappa shape index (κ3) is 15.3. The predicted octanol–water partition coefficient (Wildman–Crippen LogP) is -4.91. The first kappa shape index (κ1) is 60.4. The summed E-state index contributed by atoms with van der Waals surface area (Å²) in [6.07, 6.45) is -22.2. The average Bonchev–Trinajstić information content (AvgIpc) is 3.93. The van der Waals surface area contributed by atoms with Crippen LogP contribution in [0, 0.1) is 0 Å². The van der Waals surface area contributed by atoms with Crippen molar-refractivity contribution in [2.75, 3.05) is 50.0 Å². The first-order valence-electron chi connectivity index (χ1n) is 21.6. The molecule has 0 unspecified atom stereocenters. The van der Waals surface area contributed by atoms with Gasteiger partial charge < -0.3 is 76.7 Å². The molecule has 2 amide bonds. The number of nitrogen functional groups attached to an aromatic ring is 1. The molecule has 0 radical (unpaired) electrons. The summed E-state index contributed by atoms with van der Waals surface area (Å²) in [7, 11) is 0. The number of carboxylic acids is 2. The number of aromatic nitrogens is 6. The second-order valence-corrected chi connectivity index (χ2v) is 16.0. The zero-order valence-electron chi connectivity index (χ0n) is 38.2. The van der Waals surface area contributed by atoms with Crippen LogP contribution in [0.2, 0.25) is 0 Å². The van der Waals surface area contributed by atoms with Crippen LogP contribution in [0.15, 0.2) is 24.4 Å². The van der Waals surface area contributed by atoms with Crippen LogP contribution in [-0.4, -0.2) is 222 Å². The van der Waals surface area contributed by atoms with E-state index in [0.29, 0.717) is 49.1 Å². The number of H-pyrrole nitrogens is 1. The molecule has 5 rings (SSSR count). The number of carbonyl (C=O) groups is 4. The van der Waals surface area contributed by atoms with Crippen LogP contribution >= 0.6 is 0 Å². The summed E-state index contributed by atoms with van der Waals surface area (Å²) in [5, 5.41) is 124. The van der Waals surface area contributed by atoms with Gasteiger partial charge in [-0.1, -0.05) is 0 Å². The molecule has 14 N–H and O–H groups in total. The molecule has 72 heavy (non-hydrogen) atoms. The number of fused-ring (bicyclic) bond motifs is 2. The number of aliphatic carboxylic acids is 2. The Hall–Kier alpha value is -5.94. The van der Waals surface area contributed by atoms with Crippen LogP contribution in [0.4, 0.5) is 38.0 Å². The number of imidazole rings is 1. The molecule has 4 heterocycles. The van der Waals surface area contributed by atoms with Crippen LogP contribution in [0.25, 0.3) is 22.2 Å². The second kappa shape index (κ2) is 26.1. The number of nitrogens with one attached hydrogen (secondary N) is 1. The van der Waals surface area contributed by atoms with E-state index in [9.17, 15) is 87.0 Å². The Morgan fingerprint density at radius 3 is 1.81 bits per heavy atom. The Kier molecular flexibility index (Phi) is 21.9. The Labute approximate surface area is 403 Å². The smallest absolute Gasteiger partial charge is 0.490 e. The van der Waals surface area contributed by atoms with Crippen LogP contribution in [0.1, 0.15) is 42.9 Å². The molecule has 26 nitrogen and oxygen atoms in total. The molecule has 1 aliphatic rings. The van der Waals surface area contributed by atoms with Gasteiger partial charge in [0.15, 0.2) is 28.3 Å². The van der Waals surface area contributed by atoms with Gasteiger partial charge in [-0.25, -0.2) is 23.9 Å². The lowest BCUT2D eigenvalue weighted by molar-refractivity contribution is -0.676. The van der Waals surface area contributed by atoms with E-state index >= 15 is 0 Å². The van der Waals surface area contributed by atoms with Gasteiger partial charge in [0.05, 0.1) is 44.7 Å². The Balaban J connectivity index is 0.000000853. The lowest BCUT2D eigenvalue weighted by Gasteiger charge is -2.41. The van der Waals surface area contributed by atoms with Crippen molar-refractivity contribution >= 4 is 58.1 Å². The van der Waals surface area contributed by atoms with Crippen molar-refractivity contribution in [3.63, 3.8) is 0 Å². The van der Waals surface area contributed by atoms with Crippen LogP contribution in [0.5, 0.6) is 0 Å². The number of hydrogen-bond donors (Lipinski definition) is 13. The number of nitrogens with two attached hydrogens (primary N) is 1. The highest BCUT2D eigenvalue weighted by molar-refractivity contribution is 5.97. The summed E-state index contributed by atoms with van der Waals surface area (Å²) in [6, 6.07) is 4.89. The summed E-state index contributed by atoms with van der Waals surface area (Å²) in [6.45, 7) is 2.92. The highest BCUT2D eigenvalue weighted by Crippen LogP contribution is 2.26. The molecule has 0 bridgehead atoms. The summed E-state index contributed by atoms with van der Waals surface area (Å²) in [4.78, 5) is 57.4. The molecule has 404 valence electrons. The van der Waals surface area contributed by atoms with E-state index < -0.39 is 105 Å². The summed E-state index contributed by atoms with van der Waals surface area (Å²) >= 11 is 0. The van der Waals surface area contributed by atoms with E-state index in [-0.39, 0.29) is 37.2 Å². The molecule has 32 heteroatoms. The monoisotopic (exact) mass is 1050 g/mol. The number of rotatable bonds is 20. The van der Waals surface area contributed by atoms with Gasteiger partial charge in [-0.15, -0.1) is 0 Å². The van der Waals surface area contributed by atoms with Gasteiger partial charge in [0.1, 0.15) is 54.7 Å². The van der Waals surface area contributed by atoms with Gasteiger partial charge >= 0.3 is 18.3 Å². The number of aliphatic hydroxyl groups is 10. The van der Waals surface area contributed by atoms with E-state index in [1.54, 1.807) is 17.0 Å². The molecule has 1 saturated heterocycles. The Bertz CT molecular complexity index is 2370. The first-order valence-corrected chi connectivity index (χ1v) is 21.6. The van der Waals surface area contributed by atoms with E-state index in [4.69, 9.17) is 25.5 Å². The number of amides is 2. The maximum atomic E-state index is 14.0. The third-order valence-electron chi connectivity index (χ3n) is 11.3. The zero-order chi connectivity index (χ0) is 54.6. The van der Waals surface area contributed by atoms with E-state index in [0.717, 1.165) is 16.9 Å². The fourth-order valence-corrected chi connectivity index (χ4v) is 7.52. The highest BCUT2D eigenvalue weighted by Gasteiger charge is 2.39. The maximum Gasteiger partial charge on any atom is 0.490 e. The number of aliphatic hydroxyl groups excluding tert-OH is 10. The van der Waals surface area contributed by atoms with Crippen molar-refractivity contribution in [1.82, 2.24) is 34.5 Å². The van der Waals surface area contributed by atoms with Gasteiger partial charge in [0.2, 0.25) is 6.41 Å². The zero-order valence-corrected chi connectivity index (χ0v) is 38.2. The molecule has 4 aromatic rings. The Morgan fingerprint density at radius 1 is 0.875 bits per heavy atom. The number of benzene rings is 1. The number of carbonyl (C=O) groups excluding carboxylic acids is 3. The summed E-state index contributed by atoms with van der Waals surface area (Å²) in [5.74, 6) is -5.06. The van der Waals surface area contributed by atoms with Gasteiger partial charge in [-0.05, 0) is 38.8 Å². The number of aryl methyl sites for hydroxylation is 2. The lowest BCUT2D eigenvalue weighted by atomic mass is 9.97. The van der Waals surface area contributed by atoms with E-state index in [2.05, 4.69) is 20.2 Å². The van der Waals surface area contributed by atoms with Crippen LogP contribution < -0.4 is 20.3 Å². The van der Waals surface area contributed by atoms with Crippen molar-refractivity contribution < 1.29 is 111 Å². The number of halogens is 6. The van der Waals surface area contributed by atoms with Gasteiger partial charge in [0, 0.05) is 43.9 Å². The lowest BCUT2D eigenvalue weighted by Crippen LogP contribution is -2.56. The van der Waals surface area contributed by atoms with Crippen molar-refractivity contribution in [2.45, 2.75) is 114 Å². The number of hydrogen-bond acceptors (Lipinski definition) is 20. The van der Waals surface area contributed by atoms with Crippen molar-refractivity contribution in [3.05, 3.63) is 35.8 Å². The van der Waals surface area contributed by atoms with Crippen molar-refractivity contribution in [3.8, 4) is 0 Å². The molecule has 3 aromatic heterocycles. The average molecular weight is 1050 g/mol. The highest BCUT2D eigenvalue weighted by atomic mass is 19.4. The fraction of sp³-hybridized carbons (Fsp3) is 0.600. The molecule has 0 spiro atoms.